The van der Waals surface area contributed by atoms with Crippen molar-refractivity contribution >= 4 is 17.9 Å². The molecule has 0 aromatic rings. The van der Waals surface area contributed by atoms with Crippen LogP contribution in [0.3, 0.4) is 0 Å². The second-order valence-electron chi connectivity index (χ2n) is 14.3. The molecule has 44 heavy (non-hydrogen) atoms. The first-order chi connectivity index (χ1) is 21.5. The fourth-order valence-electron chi connectivity index (χ4n) is 6.23. The number of hydrogen-bond acceptors (Lipinski definition) is 3. The minimum Gasteiger partial charge on any atom is -0.303 e. The number of unbranched alkanes of at least 4 members (excludes halogenated alkanes) is 24. The van der Waals surface area contributed by atoms with Crippen molar-refractivity contribution in [3.8, 4) is 0 Å². The molecule has 0 aromatic heterocycles. The van der Waals surface area contributed by atoms with Crippen LogP contribution >= 0.6 is 0 Å². The lowest BCUT2D eigenvalue weighted by Gasteiger charge is -2.09. The summed E-state index contributed by atoms with van der Waals surface area (Å²) in [6, 6.07) is 0. The number of rotatable bonds is 34. The SMILES string of the molecule is CC(=O)CCCCCCCCCC1CC1.CCCCCCCCCCCCCC(=O)C(C=O)CCCCCCCCCCC. The summed E-state index contributed by atoms with van der Waals surface area (Å²) in [6.07, 6.45) is 42.7. The Balaban J connectivity index is 0.00000103. The van der Waals surface area contributed by atoms with Gasteiger partial charge in [0.1, 0.15) is 17.9 Å². The number of carbonyl (C=O) groups excluding carboxylic acids is 3. The van der Waals surface area contributed by atoms with Gasteiger partial charge in [0.25, 0.3) is 0 Å². The molecule has 0 aliphatic heterocycles. The highest BCUT2D eigenvalue weighted by molar-refractivity contribution is 5.93. The van der Waals surface area contributed by atoms with Gasteiger partial charge in [0, 0.05) is 12.8 Å². The Hall–Kier alpha value is -0.990. The van der Waals surface area contributed by atoms with Crippen molar-refractivity contribution in [1.82, 2.24) is 0 Å². The van der Waals surface area contributed by atoms with Crippen molar-refractivity contribution in [2.45, 2.75) is 233 Å². The van der Waals surface area contributed by atoms with Crippen molar-refractivity contribution in [3.63, 3.8) is 0 Å². The molecule has 3 heteroatoms. The number of ketones is 2. The Kier molecular flexibility index (Phi) is 34.1. The van der Waals surface area contributed by atoms with Crippen LogP contribution in [0.5, 0.6) is 0 Å². The van der Waals surface area contributed by atoms with Crippen LogP contribution in [0.25, 0.3) is 0 Å². The molecule has 3 nitrogen and oxygen atoms in total. The van der Waals surface area contributed by atoms with E-state index >= 15 is 0 Å². The number of hydrogen-bond donors (Lipinski definition) is 0. The first kappa shape index (κ1) is 43.0. The van der Waals surface area contributed by atoms with E-state index in [9.17, 15) is 14.4 Å². The van der Waals surface area contributed by atoms with Gasteiger partial charge in [-0.15, -0.1) is 0 Å². The average molecular weight is 619 g/mol. The van der Waals surface area contributed by atoms with Gasteiger partial charge in [0.05, 0.1) is 5.92 Å². The van der Waals surface area contributed by atoms with E-state index in [1.165, 1.54) is 167 Å². The molecule has 1 unspecified atom stereocenters. The van der Waals surface area contributed by atoms with Gasteiger partial charge in [-0.1, -0.05) is 194 Å². The highest BCUT2D eigenvalue weighted by Gasteiger charge is 2.19. The van der Waals surface area contributed by atoms with Crippen molar-refractivity contribution in [2.24, 2.45) is 11.8 Å². The Morgan fingerprint density at radius 1 is 0.523 bits per heavy atom. The zero-order chi connectivity index (χ0) is 32.4. The quantitative estimate of drug-likeness (QED) is 0.0409. The molecule has 1 aliphatic carbocycles. The fourth-order valence-corrected chi connectivity index (χ4v) is 6.23. The molecule has 0 aromatic carbocycles. The van der Waals surface area contributed by atoms with E-state index in [4.69, 9.17) is 0 Å². The van der Waals surface area contributed by atoms with Crippen LogP contribution in [0.1, 0.15) is 233 Å². The van der Waals surface area contributed by atoms with Crippen LogP contribution in [-0.2, 0) is 14.4 Å². The zero-order valence-electron chi connectivity index (χ0n) is 30.3. The smallest absolute Gasteiger partial charge is 0.143 e. The van der Waals surface area contributed by atoms with E-state index in [1.54, 1.807) is 6.92 Å². The number of carbonyl (C=O) groups is 3. The first-order valence-corrected chi connectivity index (χ1v) is 20.0. The predicted molar refractivity (Wildman–Crippen MR) is 192 cm³/mol. The molecule has 1 aliphatic rings. The van der Waals surface area contributed by atoms with E-state index in [-0.39, 0.29) is 11.7 Å². The molecule has 1 rings (SSSR count). The third-order valence-electron chi connectivity index (χ3n) is 9.56. The Labute approximate surface area is 276 Å². The lowest BCUT2D eigenvalue weighted by molar-refractivity contribution is -0.127. The summed E-state index contributed by atoms with van der Waals surface area (Å²) < 4.78 is 0. The van der Waals surface area contributed by atoms with Gasteiger partial charge >= 0.3 is 0 Å². The molecule has 0 radical (unpaired) electrons. The maximum absolute atomic E-state index is 12.3. The highest BCUT2D eigenvalue weighted by Crippen LogP contribution is 2.34. The fraction of sp³-hybridized carbons (Fsp3) is 0.927. The van der Waals surface area contributed by atoms with Crippen molar-refractivity contribution in [2.75, 3.05) is 0 Å². The molecule has 1 atom stereocenters. The molecule has 0 saturated heterocycles. The molecular weight excluding hydrogens is 540 g/mol. The number of Topliss-reactive ketones (excluding diaryl/α,β-unsaturated/α-hetero) is 2. The Morgan fingerprint density at radius 2 is 0.886 bits per heavy atom. The molecule has 0 spiro atoms. The van der Waals surface area contributed by atoms with Gasteiger partial charge in [-0.05, 0) is 32.1 Å². The summed E-state index contributed by atoms with van der Waals surface area (Å²) in [4.78, 5) is 34.3. The zero-order valence-corrected chi connectivity index (χ0v) is 30.3. The Morgan fingerprint density at radius 3 is 1.27 bits per heavy atom. The van der Waals surface area contributed by atoms with Crippen LogP contribution < -0.4 is 0 Å². The minimum absolute atomic E-state index is 0.190. The lowest BCUT2D eigenvalue weighted by atomic mass is 9.94. The van der Waals surface area contributed by atoms with Gasteiger partial charge < -0.3 is 9.59 Å². The van der Waals surface area contributed by atoms with Crippen LogP contribution in [0, 0.1) is 11.8 Å². The summed E-state index contributed by atoms with van der Waals surface area (Å²) in [5, 5.41) is 0. The first-order valence-electron chi connectivity index (χ1n) is 20.0. The largest absolute Gasteiger partial charge is 0.303 e. The van der Waals surface area contributed by atoms with E-state index in [1.807, 2.05) is 0 Å². The van der Waals surface area contributed by atoms with Gasteiger partial charge in [0.2, 0.25) is 0 Å². The molecule has 0 bridgehead atoms. The summed E-state index contributed by atoms with van der Waals surface area (Å²) in [7, 11) is 0. The maximum Gasteiger partial charge on any atom is 0.143 e. The van der Waals surface area contributed by atoms with E-state index in [2.05, 4.69) is 13.8 Å². The minimum atomic E-state index is -0.331. The topological polar surface area (TPSA) is 51.2 Å². The maximum atomic E-state index is 12.3. The average Bonchev–Trinajstić information content (AvgIpc) is 3.85. The third kappa shape index (κ3) is 33.9. The van der Waals surface area contributed by atoms with Crippen LogP contribution in [0.15, 0.2) is 0 Å². The third-order valence-corrected chi connectivity index (χ3v) is 9.56. The molecule has 1 fully saturated rings. The van der Waals surface area contributed by atoms with Gasteiger partial charge in [-0.25, -0.2) is 0 Å². The molecule has 260 valence electrons. The van der Waals surface area contributed by atoms with E-state index in [0.29, 0.717) is 12.2 Å². The predicted octanol–water partition coefficient (Wildman–Crippen LogP) is 13.5. The second kappa shape index (κ2) is 34.9. The standard InChI is InChI=1S/C27H52O2.C14H26O/c1-3-5-7-9-11-13-14-16-18-20-22-24-27(29)26(25-28)23-21-19-17-15-12-10-8-6-4-2;1-13(15)9-7-5-3-2-4-6-8-10-14-11-12-14/h25-26H,3-24H2,1-2H3;14H,2-12H2,1H3. The molecule has 0 amide bonds. The monoisotopic (exact) mass is 619 g/mol. The Bertz CT molecular complexity index is 623. The van der Waals surface area contributed by atoms with Gasteiger partial charge in [-0.2, -0.15) is 0 Å². The molecule has 0 N–H and O–H groups in total. The highest BCUT2D eigenvalue weighted by atomic mass is 16.1. The normalized spacial score (nSPS) is 13.3. The van der Waals surface area contributed by atoms with Crippen molar-refractivity contribution in [3.05, 3.63) is 0 Å². The van der Waals surface area contributed by atoms with E-state index in [0.717, 1.165) is 50.7 Å². The van der Waals surface area contributed by atoms with Crippen molar-refractivity contribution < 1.29 is 14.4 Å². The summed E-state index contributed by atoms with van der Waals surface area (Å²) >= 11 is 0. The van der Waals surface area contributed by atoms with Crippen LogP contribution in [0.2, 0.25) is 0 Å². The summed E-state index contributed by atoms with van der Waals surface area (Å²) in [6.45, 7) is 6.21. The molecule has 1 saturated carbocycles. The van der Waals surface area contributed by atoms with Gasteiger partial charge in [0.15, 0.2) is 0 Å². The molecular formula is C41H78O3. The van der Waals surface area contributed by atoms with Crippen LogP contribution in [-0.4, -0.2) is 17.9 Å². The van der Waals surface area contributed by atoms with Gasteiger partial charge in [-0.3, -0.25) is 4.79 Å². The number of aldehydes is 1. The van der Waals surface area contributed by atoms with Crippen molar-refractivity contribution in [1.29, 1.82) is 0 Å². The van der Waals surface area contributed by atoms with Crippen LogP contribution in [0.4, 0.5) is 0 Å². The lowest BCUT2D eigenvalue weighted by Crippen LogP contribution is -2.15. The summed E-state index contributed by atoms with van der Waals surface area (Å²) in [5.41, 5.74) is 0. The van der Waals surface area contributed by atoms with E-state index < -0.39 is 0 Å². The second-order valence-corrected chi connectivity index (χ2v) is 14.3. The molecule has 0 heterocycles. The summed E-state index contributed by atoms with van der Waals surface area (Å²) in [5.74, 6) is 1.32.